The summed E-state index contributed by atoms with van der Waals surface area (Å²) in [7, 11) is 0. The summed E-state index contributed by atoms with van der Waals surface area (Å²) in [6, 6.07) is 3.84. The Kier molecular flexibility index (Phi) is 3.89. The third kappa shape index (κ3) is 2.90. The Hall–Kier alpha value is -0.810. The zero-order chi connectivity index (χ0) is 12.4. The van der Waals surface area contributed by atoms with E-state index in [4.69, 9.17) is 4.42 Å². The minimum Gasteiger partial charge on any atom is -0.444 e. The van der Waals surface area contributed by atoms with Crippen molar-refractivity contribution in [3.8, 4) is 0 Å². The Morgan fingerprint density at radius 1 is 1.53 bits per heavy atom. The molecule has 17 heavy (non-hydrogen) atoms. The van der Waals surface area contributed by atoms with Crippen LogP contribution < -0.4 is 10.6 Å². The second kappa shape index (κ2) is 5.23. The quantitative estimate of drug-likeness (QED) is 0.880. The fourth-order valence-electron chi connectivity index (χ4n) is 2.26. The van der Waals surface area contributed by atoms with Gasteiger partial charge in [-0.3, -0.25) is 4.79 Å². The molecule has 0 bridgehead atoms. The monoisotopic (exact) mass is 300 g/mol. The SMILES string of the molecule is CC1CCNC(C)C1NC(=O)c1ccc(Br)o1. The van der Waals surface area contributed by atoms with Gasteiger partial charge in [-0.2, -0.15) is 0 Å². The molecule has 5 heteroatoms. The Morgan fingerprint density at radius 3 is 2.88 bits per heavy atom. The Balaban J connectivity index is 2.02. The van der Waals surface area contributed by atoms with Gasteiger partial charge in [-0.25, -0.2) is 0 Å². The standard InChI is InChI=1S/C12H17BrN2O2/c1-7-5-6-14-8(2)11(7)15-12(16)9-3-4-10(13)17-9/h3-4,7-8,11,14H,5-6H2,1-2H3,(H,15,16). The van der Waals surface area contributed by atoms with E-state index in [2.05, 4.69) is 40.4 Å². The van der Waals surface area contributed by atoms with Crippen molar-refractivity contribution in [2.24, 2.45) is 5.92 Å². The fourth-order valence-corrected chi connectivity index (χ4v) is 2.57. The van der Waals surface area contributed by atoms with Crippen molar-refractivity contribution in [2.45, 2.75) is 32.4 Å². The highest BCUT2D eigenvalue weighted by atomic mass is 79.9. The molecule has 1 amide bonds. The van der Waals surface area contributed by atoms with Gasteiger partial charge in [0.05, 0.1) is 0 Å². The van der Waals surface area contributed by atoms with Gasteiger partial charge in [0.2, 0.25) is 0 Å². The minimum absolute atomic E-state index is 0.150. The summed E-state index contributed by atoms with van der Waals surface area (Å²) < 4.78 is 5.82. The van der Waals surface area contributed by atoms with E-state index in [1.165, 1.54) is 0 Å². The van der Waals surface area contributed by atoms with E-state index in [1.807, 2.05) is 0 Å². The Labute approximate surface area is 109 Å². The van der Waals surface area contributed by atoms with Gasteiger partial charge in [0.25, 0.3) is 5.91 Å². The predicted octanol–water partition coefficient (Wildman–Crippen LogP) is 2.16. The second-order valence-corrected chi connectivity index (χ2v) is 5.39. The van der Waals surface area contributed by atoms with E-state index in [-0.39, 0.29) is 11.9 Å². The maximum atomic E-state index is 12.0. The molecular weight excluding hydrogens is 284 g/mol. The van der Waals surface area contributed by atoms with Crippen LogP contribution in [-0.2, 0) is 0 Å². The maximum absolute atomic E-state index is 12.0. The topological polar surface area (TPSA) is 54.3 Å². The largest absolute Gasteiger partial charge is 0.444 e. The number of hydrogen-bond donors (Lipinski definition) is 2. The number of hydrogen-bond acceptors (Lipinski definition) is 3. The molecule has 1 aliphatic heterocycles. The number of rotatable bonds is 2. The first-order chi connectivity index (χ1) is 8.08. The molecule has 0 aromatic carbocycles. The van der Waals surface area contributed by atoms with Crippen LogP contribution in [0.1, 0.15) is 30.8 Å². The van der Waals surface area contributed by atoms with Crippen molar-refractivity contribution < 1.29 is 9.21 Å². The van der Waals surface area contributed by atoms with E-state index in [9.17, 15) is 4.79 Å². The minimum atomic E-state index is -0.150. The zero-order valence-corrected chi connectivity index (χ0v) is 11.6. The highest BCUT2D eigenvalue weighted by molar-refractivity contribution is 9.10. The van der Waals surface area contributed by atoms with Gasteiger partial charge in [-0.05, 0) is 53.9 Å². The molecule has 0 spiro atoms. The summed E-state index contributed by atoms with van der Waals surface area (Å²) >= 11 is 3.19. The van der Waals surface area contributed by atoms with Gasteiger partial charge in [0, 0.05) is 12.1 Å². The van der Waals surface area contributed by atoms with Gasteiger partial charge in [0.15, 0.2) is 10.4 Å². The number of nitrogens with one attached hydrogen (secondary N) is 2. The molecule has 1 aromatic rings. The van der Waals surface area contributed by atoms with E-state index in [0.29, 0.717) is 22.4 Å². The van der Waals surface area contributed by atoms with E-state index in [0.717, 1.165) is 13.0 Å². The lowest BCUT2D eigenvalue weighted by Crippen LogP contribution is -2.55. The highest BCUT2D eigenvalue weighted by Gasteiger charge is 2.29. The third-order valence-corrected chi connectivity index (χ3v) is 3.74. The molecule has 2 N–H and O–H groups in total. The lowest BCUT2D eigenvalue weighted by molar-refractivity contribution is 0.0868. The smallest absolute Gasteiger partial charge is 0.287 e. The molecule has 1 fully saturated rings. The Morgan fingerprint density at radius 2 is 2.29 bits per heavy atom. The fraction of sp³-hybridized carbons (Fsp3) is 0.583. The van der Waals surface area contributed by atoms with Crippen LogP contribution in [0.15, 0.2) is 21.2 Å². The average molecular weight is 301 g/mol. The molecular formula is C12H17BrN2O2. The van der Waals surface area contributed by atoms with Crippen LogP contribution in [0.5, 0.6) is 0 Å². The summed E-state index contributed by atoms with van der Waals surface area (Å²) in [5.74, 6) is 0.679. The molecule has 1 aliphatic rings. The van der Waals surface area contributed by atoms with Crippen LogP contribution in [-0.4, -0.2) is 24.5 Å². The van der Waals surface area contributed by atoms with Crippen LogP contribution in [0.2, 0.25) is 0 Å². The Bertz CT molecular complexity index is 395. The second-order valence-electron chi connectivity index (χ2n) is 4.61. The summed E-state index contributed by atoms with van der Waals surface area (Å²) in [6.45, 7) is 5.28. The number of amides is 1. The maximum Gasteiger partial charge on any atom is 0.287 e. The van der Waals surface area contributed by atoms with E-state index < -0.39 is 0 Å². The summed E-state index contributed by atoms with van der Waals surface area (Å²) in [4.78, 5) is 12.0. The summed E-state index contributed by atoms with van der Waals surface area (Å²) in [5.41, 5.74) is 0. The molecule has 3 unspecified atom stereocenters. The predicted molar refractivity (Wildman–Crippen MR) is 68.9 cm³/mol. The van der Waals surface area contributed by atoms with Crippen LogP contribution in [0.3, 0.4) is 0 Å². The normalized spacial score (nSPS) is 29.0. The first-order valence-corrected chi connectivity index (χ1v) is 6.67. The average Bonchev–Trinajstić information content (AvgIpc) is 2.70. The molecule has 0 saturated carbocycles. The molecule has 1 saturated heterocycles. The molecule has 0 aliphatic carbocycles. The number of carbonyl (C=O) groups is 1. The van der Waals surface area contributed by atoms with Crippen LogP contribution in [0.4, 0.5) is 0 Å². The number of furan rings is 1. The van der Waals surface area contributed by atoms with Crippen LogP contribution in [0.25, 0.3) is 0 Å². The molecule has 0 radical (unpaired) electrons. The van der Waals surface area contributed by atoms with Gasteiger partial charge in [-0.1, -0.05) is 6.92 Å². The van der Waals surface area contributed by atoms with Crippen molar-refractivity contribution in [3.63, 3.8) is 0 Å². The molecule has 94 valence electrons. The summed E-state index contributed by atoms with van der Waals surface area (Å²) in [5, 5.41) is 6.40. The van der Waals surface area contributed by atoms with Gasteiger partial charge >= 0.3 is 0 Å². The molecule has 2 heterocycles. The van der Waals surface area contributed by atoms with Crippen molar-refractivity contribution in [3.05, 3.63) is 22.6 Å². The first kappa shape index (κ1) is 12.6. The van der Waals surface area contributed by atoms with Crippen molar-refractivity contribution >= 4 is 21.8 Å². The number of halogens is 1. The number of piperidine rings is 1. The van der Waals surface area contributed by atoms with Crippen molar-refractivity contribution in [2.75, 3.05) is 6.54 Å². The zero-order valence-electron chi connectivity index (χ0n) is 10.00. The molecule has 1 aromatic heterocycles. The van der Waals surface area contributed by atoms with E-state index >= 15 is 0 Å². The van der Waals surface area contributed by atoms with E-state index in [1.54, 1.807) is 12.1 Å². The molecule has 3 atom stereocenters. The molecule has 2 rings (SSSR count). The molecule has 4 nitrogen and oxygen atoms in total. The first-order valence-electron chi connectivity index (χ1n) is 5.87. The lowest BCUT2D eigenvalue weighted by Gasteiger charge is -2.35. The van der Waals surface area contributed by atoms with Crippen LogP contribution >= 0.6 is 15.9 Å². The lowest BCUT2D eigenvalue weighted by atomic mass is 9.89. The summed E-state index contributed by atoms with van der Waals surface area (Å²) in [6.07, 6.45) is 1.08. The van der Waals surface area contributed by atoms with Gasteiger partial charge in [-0.15, -0.1) is 0 Å². The highest BCUT2D eigenvalue weighted by Crippen LogP contribution is 2.18. The van der Waals surface area contributed by atoms with Crippen LogP contribution in [0, 0.1) is 5.92 Å². The van der Waals surface area contributed by atoms with Crippen molar-refractivity contribution in [1.82, 2.24) is 10.6 Å². The van der Waals surface area contributed by atoms with Crippen molar-refractivity contribution in [1.29, 1.82) is 0 Å². The van der Waals surface area contributed by atoms with Gasteiger partial charge in [0.1, 0.15) is 0 Å². The third-order valence-electron chi connectivity index (χ3n) is 3.31. The number of carbonyl (C=O) groups excluding carboxylic acids is 1. The van der Waals surface area contributed by atoms with Gasteiger partial charge < -0.3 is 15.1 Å².